The van der Waals surface area contributed by atoms with Crippen LogP contribution in [0.25, 0.3) is 16.7 Å². The van der Waals surface area contributed by atoms with Gasteiger partial charge in [-0.05, 0) is 55.7 Å². The Morgan fingerprint density at radius 3 is 2.64 bits per heavy atom. The minimum absolute atomic E-state index is 0.103. The number of rotatable bonds is 9. The number of hydrogen-bond acceptors (Lipinski definition) is 5. The molecule has 0 unspecified atom stereocenters. The van der Waals surface area contributed by atoms with Gasteiger partial charge in [0.1, 0.15) is 17.6 Å². The van der Waals surface area contributed by atoms with Crippen LogP contribution in [0.15, 0.2) is 54.9 Å². The first-order valence-corrected chi connectivity index (χ1v) is 12.4. The lowest BCUT2D eigenvalue weighted by Gasteiger charge is -2.15. The Bertz CT molecular complexity index is 1530. The maximum Gasteiger partial charge on any atom is 0.390 e. The van der Waals surface area contributed by atoms with Crippen LogP contribution in [0.5, 0.6) is 17.2 Å². The quantitative estimate of drug-likeness (QED) is 0.235. The van der Waals surface area contributed by atoms with E-state index in [0.29, 0.717) is 28.0 Å². The second-order valence-corrected chi connectivity index (χ2v) is 9.37. The van der Waals surface area contributed by atoms with Gasteiger partial charge in [-0.15, -0.1) is 0 Å². The number of methoxy groups -OCH3 is 1. The number of halogens is 4. The number of carbonyl (C=O) groups excluding carboxylic acids is 1. The molecule has 0 aliphatic heterocycles. The van der Waals surface area contributed by atoms with Crippen molar-refractivity contribution in [2.45, 2.75) is 38.4 Å². The first-order valence-electron chi connectivity index (χ1n) is 12.4. The van der Waals surface area contributed by atoms with Crippen LogP contribution in [0.4, 0.5) is 23.2 Å². The van der Waals surface area contributed by atoms with Gasteiger partial charge in [0.2, 0.25) is 0 Å². The molecule has 11 heteroatoms. The van der Waals surface area contributed by atoms with Gasteiger partial charge in [0.15, 0.2) is 17.3 Å². The Hall–Kier alpha value is -4.28. The fraction of sp³-hybridized carbons (Fsp3) is 0.286. The summed E-state index contributed by atoms with van der Waals surface area (Å²) in [7, 11) is 1.31. The Kier molecular flexibility index (Phi) is 7.07. The smallest absolute Gasteiger partial charge is 0.390 e. The van der Waals surface area contributed by atoms with Crippen LogP contribution in [-0.4, -0.2) is 41.3 Å². The van der Waals surface area contributed by atoms with Crippen LogP contribution in [0.3, 0.4) is 0 Å². The molecule has 1 saturated carbocycles. The zero-order valence-electron chi connectivity index (χ0n) is 21.2. The molecule has 5 rings (SSSR count). The van der Waals surface area contributed by atoms with Crippen molar-refractivity contribution in [1.29, 1.82) is 0 Å². The molecule has 1 aliphatic carbocycles. The number of amides is 1. The van der Waals surface area contributed by atoms with E-state index in [4.69, 9.17) is 9.47 Å². The lowest BCUT2D eigenvalue weighted by molar-refractivity contribution is -0.131. The van der Waals surface area contributed by atoms with Crippen molar-refractivity contribution in [3.05, 3.63) is 71.8 Å². The number of nitrogens with zero attached hydrogens (tertiary/aromatic N) is 2. The molecule has 0 radical (unpaired) electrons. The number of anilines is 1. The summed E-state index contributed by atoms with van der Waals surface area (Å²) in [5.41, 5.74) is 3.29. The highest BCUT2D eigenvalue weighted by Gasteiger charge is 2.27. The van der Waals surface area contributed by atoms with Gasteiger partial charge >= 0.3 is 6.18 Å². The second kappa shape index (κ2) is 10.5. The molecule has 0 saturated heterocycles. The van der Waals surface area contributed by atoms with Crippen molar-refractivity contribution >= 4 is 22.6 Å². The van der Waals surface area contributed by atoms with Crippen molar-refractivity contribution in [2.24, 2.45) is 0 Å². The monoisotopic (exact) mass is 542 g/mol. The molecule has 7 nitrogen and oxygen atoms in total. The predicted molar refractivity (Wildman–Crippen MR) is 138 cm³/mol. The number of hydrogen-bond donors (Lipinski definition) is 2. The SMILES string of the molecule is COc1c(F)cccc1Oc1cc(NCCC(F)(F)F)c2ncn(-c3ccc(C(=O)NC4CC4)c(C)c3)c2c1. The number of nitrogens with one attached hydrogen (secondary N) is 2. The highest BCUT2D eigenvalue weighted by atomic mass is 19.4. The summed E-state index contributed by atoms with van der Waals surface area (Å²) >= 11 is 0. The zero-order chi connectivity index (χ0) is 27.7. The van der Waals surface area contributed by atoms with Crippen LogP contribution in [0.1, 0.15) is 35.2 Å². The summed E-state index contributed by atoms with van der Waals surface area (Å²) in [6, 6.07) is 12.9. The van der Waals surface area contributed by atoms with Crippen LogP contribution in [-0.2, 0) is 0 Å². The minimum atomic E-state index is -4.33. The third kappa shape index (κ3) is 5.92. The van der Waals surface area contributed by atoms with Gasteiger partial charge in [-0.25, -0.2) is 9.37 Å². The van der Waals surface area contributed by atoms with E-state index in [1.165, 1.54) is 31.4 Å². The molecular formula is C28H26F4N4O3. The van der Waals surface area contributed by atoms with Gasteiger partial charge in [0.25, 0.3) is 5.91 Å². The maximum absolute atomic E-state index is 14.2. The number of imidazole rings is 1. The van der Waals surface area contributed by atoms with Gasteiger partial charge in [-0.1, -0.05) is 6.07 Å². The van der Waals surface area contributed by atoms with Crippen molar-refractivity contribution in [3.8, 4) is 22.9 Å². The van der Waals surface area contributed by atoms with E-state index in [-0.39, 0.29) is 35.7 Å². The molecule has 3 aromatic carbocycles. The van der Waals surface area contributed by atoms with Crippen molar-refractivity contribution in [1.82, 2.24) is 14.9 Å². The number of alkyl halides is 3. The van der Waals surface area contributed by atoms with E-state index in [2.05, 4.69) is 15.6 Å². The minimum Gasteiger partial charge on any atom is -0.490 e. The number of aromatic nitrogens is 2. The summed E-state index contributed by atoms with van der Waals surface area (Å²) in [5.74, 6) is -0.516. The number of aryl methyl sites for hydroxylation is 1. The van der Waals surface area contributed by atoms with Gasteiger partial charge in [0, 0.05) is 36.0 Å². The van der Waals surface area contributed by atoms with E-state index in [0.717, 1.165) is 18.4 Å². The molecule has 1 aromatic heterocycles. The lowest BCUT2D eigenvalue weighted by Crippen LogP contribution is -2.26. The van der Waals surface area contributed by atoms with Gasteiger partial charge in [0.05, 0.1) is 24.7 Å². The molecule has 39 heavy (non-hydrogen) atoms. The Morgan fingerprint density at radius 1 is 1.15 bits per heavy atom. The number of ether oxygens (including phenoxy) is 2. The predicted octanol–water partition coefficient (Wildman–Crippen LogP) is 6.53. The molecule has 204 valence electrons. The largest absolute Gasteiger partial charge is 0.490 e. The molecule has 4 aromatic rings. The van der Waals surface area contributed by atoms with E-state index in [1.807, 2.05) is 13.0 Å². The highest BCUT2D eigenvalue weighted by Crippen LogP contribution is 2.37. The third-order valence-electron chi connectivity index (χ3n) is 6.36. The summed E-state index contributed by atoms with van der Waals surface area (Å²) in [5, 5.41) is 5.78. The average Bonchev–Trinajstić information content (AvgIpc) is 3.58. The zero-order valence-corrected chi connectivity index (χ0v) is 21.2. The Morgan fingerprint density at radius 2 is 1.95 bits per heavy atom. The van der Waals surface area contributed by atoms with Crippen LogP contribution >= 0.6 is 0 Å². The van der Waals surface area contributed by atoms with Gasteiger partial charge in [-0.3, -0.25) is 9.36 Å². The number of para-hydroxylation sites is 1. The molecule has 0 bridgehead atoms. The molecule has 2 N–H and O–H groups in total. The highest BCUT2D eigenvalue weighted by molar-refractivity contribution is 5.96. The van der Waals surface area contributed by atoms with Crippen LogP contribution in [0.2, 0.25) is 0 Å². The fourth-order valence-electron chi connectivity index (χ4n) is 4.27. The van der Waals surface area contributed by atoms with Gasteiger partial charge in [-0.2, -0.15) is 13.2 Å². The Labute approximate surface area is 221 Å². The second-order valence-electron chi connectivity index (χ2n) is 9.37. The molecule has 1 amide bonds. The Balaban J connectivity index is 1.53. The van der Waals surface area contributed by atoms with E-state index in [9.17, 15) is 22.4 Å². The van der Waals surface area contributed by atoms with Crippen molar-refractivity contribution in [3.63, 3.8) is 0 Å². The lowest BCUT2D eigenvalue weighted by atomic mass is 10.1. The fourth-order valence-corrected chi connectivity index (χ4v) is 4.27. The van der Waals surface area contributed by atoms with Gasteiger partial charge < -0.3 is 20.1 Å². The summed E-state index contributed by atoms with van der Waals surface area (Å²) in [4.78, 5) is 17.0. The standard InChI is InChI=1S/C28H26F4N4O3/c1-16-12-18(8-9-20(16)27(37)35-17-6-7-17)36-15-34-25-22(33-11-10-28(30,31)32)13-19(14-23(25)36)39-24-5-3-4-21(29)26(24)38-2/h3-5,8-9,12-15,17,33H,6-7,10-11H2,1-2H3,(H,35,37). The van der Waals surface area contributed by atoms with Crippen LogP contribution in [0, 0.1) is 12.7 Å². The summed E-state index contributed by atoms with van der Waals surface area (Å²) in [6.07, 6.45) is -1.86. The normalized spacial score (nSPS) is 13.4. The number of benzene rings is 3. The molecule has 1 fully saturated rings. The van der Waals surface area contributed by atoms with Crippen LogP contribution < -0.4 is 20.1 Å². The number of fused-ring (bicyclic) bond motifs is 1. The topological polar surface area (TPSA) is 77.4 Å². The molecular weight excluding hydrogens is 516 g/mol. The average molecular weight is 543 g/mol. The number of carbonyl (C=O) groups is 1. The van der Waals surface area contributed by atoms with E-state index in [1.54, 1.807) is 29.1 Å². The summed E-state index contributed by atoms with van der Waals surface area (Å²) < 4.78 is 65.5. The first kappa shape index (κ1) is 26.3. The van der Waals surface area contributed by atoms with E-state index < -0.39 is 18.4 Å². The molecule has 1 aliphatic rings. The first-order chi connectivity index (χ1) is 18.6. The molecule has 0 atom stereocenters. The molecule has 0 spiro atoms. The maximum atomic E-state index is 14.2. The molecule has 1 heterocycles. The third-order valence-corrected chi connectivity index (χ3v) is 6.36. The van der Waals surface area contributed by atoms with Crippen molar-refractivity contribution in [2.75, 3.05) is 19.0 Å². The van der Waals surface area contributed by atoms with E-state index >= 15 is 0 Å². The summed E-state index contributed by atoms with van der Waals surface area (Å²) in [6.45, 7) is 1.46. The van der Waals surface area contributed by atoms with Crippen molar-refractivity contribution < 1.29 is 31.8 Å².